The Morgan fingerprint density at radius 2 is 1.67 bits per heavy atom. The van der Waals surface area contributed by atoms with E-state index in [-0.39, 0.29) is 0 Å². The van der Waals surface area contributed by atoms with Gasteiger partial charge in [-0.2, -0.15) is 4.98 Å². The van der Waals surface area contributed by atoms with Gasteiger partial charge in [-0.05, 0) is 88.6 Å². The quantitative estimate of drug-likeness (QED) is 0.250. The lowest BCUT2D eigenvalue weighted by Gasteiger charge is -2.39. The number of aromatic nitrogens is 2. The van der Waals surface area contributed by atoms with Crippen LogP contribution in [-0.2, 0) is 4.57 Å². The molecule has 0 aliphatic carbocycles. The maximum Gasteiger partial charge on any atom is 0.229 e. The van der Waals surface area contributed by atoms with Gasteiger partial charge >= 0.3 is 0 Å². The maximum atomic E-state index is 13.6. The van der Waals surface area contributed by atoms with Gasteiger partial charge in [0.05, 0.1) is 11.9 Å². The number of piperidine rings is 1. The molecule has 8 nitrogen and oxygen atoms in total. The third-order valence-corrected chi connectivity index (χ3v) is 12.8. The van der Waals surface area contributed by atoms with E-state index in [0.717, 1.165) is 35.3 Å². The summed E-state index contributed by atoms with van der Waals surface area (Å²) in [5.41, 5.74) is 5.43. The lowest BCUT2D eigenvalue weighted by molar-refractivity contribution is 0.174. The number of nitrogens with zero attached hydrogens (tertiary/aromatic N) is 5. The van der Waals surface area contributed by atoms with E-state index in [9.17, 15) is 4.57 Å². The molecule has 0 bridgehead atoms. The molecule has 2 aliphatic heterocycles. The van der Waals surface area contributed by atoms with Crippen molar-refractivity contribution in [3.8, 4) is 0 Å². The molecule has 2 aliphatic rings. The van der Waals surface area contributed by atoms with Crippen LogP contribution in [0.25, 0.3) is 0 Å². The number of para-hydroxylation sites is 1. The minimum Gasteiger partial charge on any atom is -0.371 e. The first-order valence-corrected chi connectivity index (χ1v) is 18.2. The standard InChI is InChI=1S/C33H47ClN7OP/c1-6-43(42,7-2)31-12-9-8-11-28(31)36-32-27(34)23-35-33(38-32)37-29-21-25(4)30(22-24(29)3)41-17-13-26(14-18-41)40-16-10-15-39(5)19-20-40/h8-9,11-12,21-23,26H,6-7,10,13-20H2,1-5H3,(H2,35,36,37,38). The van der Waals surface area contributed by atoms with E-state index in [1.807, 2.05) is 38.1 Å². The Morgan fingerprint density at radius 1 is 0.930 bits per heavy atom. The van der Waals surface area contributed by atoms with Gasteiger partial charge in [0, 0.05) is 61.2 Å². The van der Waals surface area contributed by atoms with Crippen LogP contribution in [0.15, 0.2) is 42.6 Å². The molecular formula is C33H47ClN7OP. The number of halogens is 1. The highest BCUT2D eigenvalue weighted by Crippen LogP contribution is 2.46. The van der Waals surface area contributed by atoms with Crippen molar-refractivity contribution in [2.75, 3.05) is 74.2 Å². The summed E-state index contributed by atoms with van der Waals surface area (Å²) in [5.74, 6) is 0.938. The van der Waals surface area contributed by atoms with Crippen LogP contribution in [-0.4, -0.2) is 84.4 Å². The van der Waals surface area contributed by atoms with Crippen molar-refractivity contribution < 1.29 is 4.57 Å². The number of nitrogens with one attached hydrogen (secondary N) is 2. The van der Waals surface area contributed by atoms with Crippen LogP contribution in [0.1, 0.15) is 44.2 Å². The van der Waals surface area contributed by atoms with E-state index in [1.165, 1.54) is 56.7 Å². The highest BCUT2D eigenvalue weighted by atomic mass is 35.5. The number of anilines is 5. The third kappa shape index (κ3) is 7.37. The minimum atomic E-state index is -2.51. The summed E-state index contributed by atoms with van der Waals surface area (Å²) in [4.78, 5) is 16.9. The smallest absolute Gasteiger partial charge is 0.229 e. The fraction of sp³-hybridized carbons (Fsp3) is 0.515. The van der Waals surface area contributed by atoms with Crippen molar-refractivity contribution >= 4 is 52.9 Å². The lowest BCUT2D eigenvalue weighted by Crippen LogP contribution is -2.46. The van der Waals surface area contributed by atoms with Crippen molar-refractivity contribution in [3.63, 3.8) is 0 Å². The number of rotatable bonds is 9. The van der Waals surface area contributed by atoms with Crippen molar-refractivity contribution in [1.29, 1.82) is 0 Å². The van der Waals surface area contributed by atoms with Gasteiger partial charge < -0.3 is 25.0 Å². The molecule has 5 rings (SSSR count). The molecule has 0 spiro atoms. The number of aryl methyl sites for hydroxylation is 2. The van der Waals surface area contributed by atoms with Gasteiger partial charge in [0.1, 0.15) is 12.2 Å². The molecule has 2 aromatic carbocycles. The fourth-order valence-electron chi connectivity index (χ4n) is 6.44. The van der Waals surface area contributed by atoms with Crippen LogP contribution in [0.5, 0.6) is 0 Å². The first-order valence-electron chi connectivity index (χ1n) is 15.7. The fourth-order valence-corrected chi connectivity index (χ4v) is 8.64. The number of benzene rings is 2. The molecule has 0 atom stereocenters. The topological polar surface area (TPSA) is 76.6 Å². The molecule has 0 unspecified atom stereocenters. The van der Waals surface area contributed by atoms with Gasteiger partial charge in [0.2, 0.25) is 5.95 Å². The van der Waals surface area contributed by atoms with Gasteiger partial charge in [0.25, 0.3) is 0 Å². The highest BCUT2D eigenvalue weighted by molar-refractivity contribution is 7.71. The number of hydrogen-bond donors (Lipinski definition) is 2. The summed E-state index contributed by atoms with van der Waals surface area (Å²) in [6.07, 6.45) is 6.51. The zero-order chi connectivity index (χ0) is 30.6. The molecule has 0 saturated carbocycles. The summed E-state index contributed by atoms with van der Waals surface area (Å²) in [7, 11) is -0.266. The Morgan fingerprint density at radius 3 is 2.42 bits per heavy atom. The zero-order valence-corrected chi connectivity index (χ0v) is 28.0. The molecule has 232 valence electrons. The number of likely N-dealkylation sites (N-methyl/N-ethyl adjacent to an activating group) is 1. The van der Waals surface area contributed by atoms with Gasteiger partial charge in [-0.25, -0.2) is 4.98 Å². The lowest BCUT2D eigenvalue weighted by atomic mass is 10.00. The summed E-state index contributed by atoms with van der Waals surface area (Å²) < 4.78 is 13.6. The molecule has 2 saturated heterocycles. The first kappa shape index (κ1) is 31.8. The van der Waals surface area contributed by atoms with Crippen LogP contribution < -0.4 is 20.8 Å². The van der Waals surface area contributed by atoms with Crippen LogP contribution in [0.2, 0.25) is 5.02 Å². The van der Waals surface area contributed by atoms with E-state index in [0.29, 0.717) is 35.2 Å². The predicted octanol–water partition coefficient (Wildman–Crippen LogP) is 6.87. The third-order valence-electron chi connectivity index (χ3n) is 9.23. The Kier molecular flexibility index (Phi) is 10.3. The summed E-state index contributed by atoms with van der Waals surface area (Å²) in [5, 5.41) is 8.00. The average molecular weight is 624 g/mol. The van der Waals surface area contributed by atoms with Crippen LogP contribution in [0.4, 0.5) is 28.8 Å². The van der Waals surface area contributed by atoms with E-state index >= 15 is 0 Å². The molecule has 0 radical (unpaired) electrons. The summed E-state index contributed by atoms with van der Waals surface area (Å²) >= 11 is 6.53. The van der Waals surface area contributed by atoms with Crippen molar-refractivity contribution in [2.24, 2.45) is 0 Å². The molecule has 1 aromatic heterocycles. The second-order valence-electron chi connectivity index (χ2n) is 12.0. The van der Waals surface area contributed by atoms with Gasteiger partial charge in [-0.15, -0.1) is 0 Å². The van der Waals surface area contributed by atoms with Crippen molar-refractivity contribution in [2.45, 2.75) is 53.0 Å². The molecule has 3 heterocycles. The van der Waals surface area contributed by atoms with Crippen LogP contribution in [0, 0.1) is 13.8 Å². The monoisotopic (exact) mass is 623 g/mol. The largest absolute Gasteiger partial charge is 0.371 e. The zero-order valence-electron chi connectivity index (χ0n) is 26.4. The van der Waals surface area contributed by atoms with Gasteiger partial charge in [-0.3, -0.25) is 4.90 Å². The van der Waals surface area contributed by atoms with E-state index in [1.54, 1.807) is 6.20 Å². The van der Waals surface area contributed by atoms with E-state index in [4.69, 9.17) is 16.6 Å². The molecule has 0 amide bonds. The van der Waals surface area contributed by atoms with Crippen LogP contribution in [0.3, 0.4) is 0 Å². The Bertz CT molecular complexity index is 1450. The normalized spacial score (nSPS) is 17.6. The second-order valence-corrected chi connectivity index (χ2v) is 16.0. The van der Waals surface area contributed by atoms with Crippen LogP contribution >= 0.6 is 18.7 Å². The van der Waals surface area contributed by atoms with E-state index in [2.05, 4.69) is 63.3 Å². The first-order chi connectivity index (χ1) is 20.7. The Balaban J connectivity index is 1.28. The molecule has 3 aromatic rings. The van der Waals surface area contributed by atoms with Crippen molar-refractivity contribution in [1.82, 2.24) is 19.8 Å². The Labute approximate surface area is 262 Å². The minimum absolute atomic E-state index is 0.405. The average Bonchev–Trinajstić information content (AvgIpc) is 3.24. The molecule has 2 fully saturated rings. The molecule has 10 heteroatoms. The summed E-state index contributed by atoms with van der Waals surface area (Å²) in [6, 6.07) is 12.9. The molecule has 43 heavy (non-hydrogen) atoms. The SMILES string of the molecule is CCP(=O)(CC)c1ccccc1Nc1nc(Nc2cc(C)c(N3CCC(N4CCCN(C)CC4)CC3)cc2C)ncc1Cl. The second kappa shape index (κ2) is 14.0. The molecular weight excluding hydrogens is 577 g/mol. The molecule has 2 N–H and O–H groups in total. The van der Waals surface area contributed by atoms with E-state index < -0.39 is 7.14 Å². The highest BCUT2D eigenvalue weighted by Gasteiger charge is 2.27. The van der Waals surface area contributed by atoms with Gasteiger partial charge in [-0.1, -0.05) is 37.6 Å². The Hall–Kier alpha value is -2.64. The summed E-state index contributed by atoms with van der Waals surface area (Å²) in [6.45, 7) is 15.2. The maximum absolute atomic E-state index is 13.6. The number of hydrogen-bond acceptors (Lipinski definition) is 8. The van der Waals surface area contributed by atoms with Gasteiger partial charge in [0.15, 0.2) is 5.82 Å². The van der Waals surface area contributed by atoms with Crippen molar-refractivity contribution in [3.05, 3.63) is 58.7 Å². The predicted molar refractivity (Wildman–Crippen MR) is 183 cm³/mol.